The number of nitrogens with two attached hydrogens (primary N) is 1. The van der Waals surface area contributed by atoms with E-state index in [1.807, 2.05) is 4.90 Å². The summed E-state index contributed by atoms with van der Waals surface area (Å²) in [4.78, 5) is 28.8. The number of cyclic esters (lactones) is 1. The van der Waals surface area contributed by atoms with Gasteiger partial charge in [0.1, 0.15) is 11.9 Å². The van der Waals surface area contributed by atoms with Crippen molar-refractivity contribution in [2.75, 3.05) is 62.7 Å². The molecule has 0 radical (unpaired) electrons. The van der Waals surface area contributed by atoms with E-state index < -0.39 is 18.0 Å². The number of carbonyl (C=O) groups excluding carboxylic acids is 2. The highest BCUT2D eigenvalue weighted by Gasteiger charge is 2.33. The van der Waals surface area contributed by atoms with E-state index in [1.54, 1.807) is 17.0 Å². The molecule has 12 heteroatoms. The van der Waals surface area contributed by atoms with Gasteiger partial charge < -0.3 is 30.3 Å². The summed E-state index contributed by atoms with van der Waals surface area (Å²) < 4.78 is 24.9. The maximum Gasteiger partial charge on any atom is 0.414 e. The summed E-state index contributed by atoms with van der Waals surface area (Å²) >= 11 is 4.89. The average molecular weight is 462 g/mol. The fourth-order valence-corrected chi connectivity index (χ4v) is 3.44. The van der Waals surface area contributed by atoms with Gasteiger partial charge in [-0.25, -0.2) is 9.18 Å². The fraction of sp³-hybridized carbons (Fsp3) is 0.500. The Labute approximate surface area is 185 Å². The lowest BCUT2D eigenvalue weighted by molar-refractivity contribution is -0.129. The Morgan fingerprint density at radius 3 is 2.67 bits per heavy atom. The zero-order valence-corrected chi connectivity index (χ0v) is 18.1. The summed E-state index contributed by atoms with van der Waals surface area (Å²) in [7, 11) is 1.45. The lowest BCUT2D eigenvalue weighted by atomic mass is 10.2. The van der Waals surface area contributed by atoms with Crippen LogP contribution in [0.2, 0.25) is 0 Å². The van der Waals surface area contributed by atoms with Gasteiger partial charge >= 0.3 is 6.09 Å². The van der Waals surface area contributed by atoms with Gasteiger partial charge in [-0.1, -0.05) is 0 Å². The summed E-state index contributed by atoms with van der Waals surface area (Å²) in [6.07, 6.45) is -0.965. The molecule has 1 atom stereocenters. The first-order valence-electron chi connectivity index (χ1n) is 9.25. The molecule has 1 unspecified atom stereocenters. The minimum atomic E-state index is -0.541. The number of ether oxygens (including phenoxy) is 2. The molecule has 3 N–H and O–H groups in total. The monoisotopic (exact) mass is 461 g/mol. The van der Waals surface area contributed by atoms with E-state index in [2.05, 4.69) is 5.32 Å². The number of benzene rings is 1. The summed E-state index contributed by atoms with van der Waals surface area (Å²) in [6, 6.07) is 4.65. The lowest BCUT2D eigenvalue weighted by Gasteiger charge is -2.36. The molecule has 2 aliphatic rings. The summed E-state index contributed by atoms with van der Waals surface area (Å²) in [5.41, 5.74) is 6.24. The second-order valence-corrected chi connectivity index (χ2v) is 7.07. The van der Waals surface area contributed by atoms with Crippen LogP contribution in [0.15, 0.2) is 18.2 Å². The predicted molar refractivity (Wildman–Crippen MR) is 117 cm³/mol. The fourth-order valence-electron chi connectivity index (χ4n) is 3.35. The molecule has 0 aliphatic carbocycles. The van der Waals surface area contributed by atoms with Crippen molar-refractivity contribution in [2.45, 2.75) is 6.10 Å². The van der Waals surface area contributed by atoms with Gasteiger partial charge in [-0.2, -0.15) is 0 Å². The van der Waals surface area contributed by atoms with Crippen molar-refractivity contribution in [1.82, 2.24) is 10.2 Å². The van der Waals surface area contributed by atoms with E-state index in [0.717, 1.165) is 0 Å². The van der Waals surface area contributed by atoms with Crippen molar-refractivity contribution >= 4 is 53.2 Å². The second-order valence-electron chi connectivity index (χ2n) is 6.70. The highest BCUT2D eigenvalue weighted by atomic mass is 35.5. The molecule has 166 valence electrons. The van der Waals surface area contributed by atoms with Crippen LogP contribution in [0.1, 0.15) is 0 Å². The second kappa shape index (κ2) is 10.6. The zero-order chi connectivity index (χ0) is 21.0. The number of nitrogens with zero attached hydrogens (tertiary/aromatic N) is 3. The van der Waals surface area contributed by atoms with Crippen LogP contribution in [0, 0.1) is 5.82 Å². The third-order valence-electron chi connectivity index (χ3n) is 4.92. The molecule has 0 aromatic heterocycles. The molecule has 1 aromatic rings. The van der Waals surface area contributed by atoms with Crippen molar-refractivity contribution in [3.63, 3.8) is 0 Å². The Kier molecular flexibility index (Phi) is 8.44. The molecule has 9 nitrogen and oxygen atoms in total. The van der Waals surface area contributed by atoms with Crippen LogP contribution in [-0.4, -0.2) is 81.1 Å². The first-order chi connectivity index (χ1) is 13.9. The van der Waals surface area contributed by atoms with Crippen molar-refractivity contribution in [3.05, 3.63) is 24.0 Å². The van der Waals surface area contributed by atoms with Gasteiger partial charge in [0.2, 0.25) is 5.91 Å². The number of halogens is 2. The van der Waals surface area contributed by atoms with Gasteiger partial charge in [0.15, 0.2) is 0 Å². The number of thiocarbonyl (C=S) groups is 1. The Balaban J connectivity index is 0.00000320. The van der Waals surface area contributed by atoms with Gasteiger partial charge in [-0.15, -0.1) is 12.4 Å². The third-order valence-corrected chi connectivity index (χ3v) is 5.24. The van der Waals surface area contributed by atoms with Crippen molar-refractivity contribution in [3.8, 4) is 0 Å². The maximum absolute atomic E-state index is 14.8. The highest BCUT2D eigenvalue weighted by molar-refractivity contribution is 7.80. The number of nitrogens with one attached hydrogen (secondary N) is 1. The SMILES string of the molecule is COC(=S)NCC1CN(c2ccc(N3CCN(C(=O)CN)CC3)c(F)c2)C(=O)O1.Cl. The first-order valence-corrected chi connectivity index (χ1v) is 9.66. The lowest BCUT2D eigenvalue weighted by Crippen LogP contribution is -2.50. The number of amides is 2. The standard InChI is InChI=1S/C18H24FN5O4S.ClH/c1-27-17(29)21-10-13-11-24(18(26)28-13)12-2-3-15(14(19)8-12)22-4-6-23(7-5-22)16(25)9-20;/h2-3,8,13H,4-7,9-11,20H2,1H3,(H,21,29);1H. The normalized spacial score (nSPS) is 18.6. The zero-order valence-electron chi connectivity index (χ0n) is 16.5. The Morgan fingerprint density at radius 1 is 1.37 bits per heavy atom. The van der Waals surface area contributed by atoms with Crippen LogP contribution in [0.4, 0.5) is 20.6 Å². The van der Waals surface area contributed by atoms with Crippen LogP contribution in [-0.2, 0) is 14.3 Å². The number of piperazine rings is 1. The molecular formula is C18H25ClFN5O4S. The van der Waals surface area contributed by atoms with Gasteiger partial charge in [-0.3, -0.25) is 9.69 Å². The molecule has 1 aromatic carbocycles. The Morgan fingerprint density at radius 2 is 2.07 bits per heavy atom. The van der Waals surface area contributed by atoms with E-state index in [-0.39, 0.29) is 36.6 Å². The number of hydrogen-bond acceptors (Lipinski definition) is 7. The maximum atomic E-state index is 14.8. The predicted octanol–water partition coefficient (Wildman–Crippen LogP) is 0.701. The van der Waals surface area contributed by atoms with Gasteiger partial charge in [0, 0.05) is 26.2 Å². The van der Waals surface area contributed by atoms with Crippen LogP contribution < -0.4 is 20.9 Å². The first kappa shape index (κ1) is 23.9. The van der Waals surface area contributed by atoms with Crippen LogP contribution >= 0.6 is 24.6 Å². The number of carbonyl (C=O) groups is 2. The van der Waals surface area contributed by atoms with E-state index in [0.29, 0.717) is 44.1 Å². The van der Waals surface area contributed by atoms with Crippen LogP contribution in [0.3, 0.4) is 0 Å². The molecular weight excluding hydrogens is 437 g/mol. The molecule has 2 amide bonds. The van der Waals surface area contributed by atoms with Gasteiger partial charge in [-0.05, 0) is 30.4 Å². The molecule has 0 spiro atoms. The van der Waals surface area contributed by atoms with Crippen molar-refractivity contribution < 1.29 is 23.5 Å². The van der Waals surface area contributed by atoms with Gasteiger partial charge in [0.05, 0.1) is 38.1 Å². The molecule has 0 bridgehead atoms. The minimum Gasteiger partial charge on any atom is -0.474 e. The summed E-state index contributed by atoms with van der Waals surface area (Å²) in [5, 5.41) is 3.05. The van der Waals surface area contributed by atoms with E-state index >= 15 is 0 Å². The Hall–Kier alpha value is -2.37. The third kappa shape index (κ3) is 5.41. The van der Waals surface area contributed by atoms with Crippen molar-refractivity contribution in [1.29, 1.82) is 0 Å². The van der Waals surface area contributed by atoms with Crippen molar-refractivity contribution in [2.24, 2.45) is 5.73 Å². The molecule has 2 fully saturated rings. The van der Waals surface area contributed by atoms with E-state index in [9.17, 15) is 14.0 Å². The summed E-state index contributed by atoms with van der Waals surface area (Å²) in [6.45, 7) is 2.57. The molecule has 2 heterocycles. The molecule has 2 aliphatic heterocycles. The number of rotatable bonds is 5. The van der Waals surface area contributed by atoms with E-state index in [4.69, 9.17) is 27.4 Å². The topological polar surface area (TPSA) is 100 Å². The number of anilines is 2. The largest absolute Gasteiger partial charge is 0.474 e. The molecule has 2 saturated heterocycles. The summed E-state index contributed by atoms with van der Waals surface area (Å²) in [5.74, 6) is -0.542. The molecule has 3 rings (SSSR count). The van der Waals surface area contributed by atoms with Crippen LogP contribution in [0.25, 0.3) is 0 Å². The Bertz CT molecular complexity index is 794. The van der Waals surface area contributed by atoms with Gasteiger partial charge in [0.25, 0.3) is 5.17 Å². The quantitative estimate of drug-likeness (QED) is 0.618. The average Bonchev–Trinajstić information content (AvgIpc) is 3.12. The highest BCUT2D eigenvalue weighted by Crippen LogP contribution is 2.28. The smallest absolute Gasteiger partial charge is 0.414 e. The number of hydrogen-bond donors (Lipinski definition) is 2. The molecule has 30 heavy (non-hydrogen) atoms. The molecule has 0 saturated carbocycles. The van der Waals surface area contributed by atoms with Crippen LogP contribution in [0.5, 0.6) is 0 Å². The van der Waals surface area contributed by atoms with E-state index in [1.165, 1.54) is 18.1 Å². The minimum absolute atomic E-state index is 0. The number of methoxy groups -OCH3 is 1.